The van der Waals surface area contributed by atoms with E-state index < -0.39 is 34.6 Å². The molecule has 10 aromatic rings. The minimum absolute atomic E-state index is 0.0252. The fourth-order valence-electron chi connectivity index (χ4n) is 9.04. The first kappa shape index (κ1) is 39.5. The van der Waals surface area contributed by atoms with Gasteiger partial charge in [0.05, 0.1) is 79.5 Å². The molecular formula is C53H27F6N5. The summed E-state index contributed by atoms with van der Waals surface area (Å²) < 4.78 is 96.0. The van der Waals surface area contributed by atoms with E-state index >= 15 is 26.3 Å². The zero-order valence-corrected chi connectivity index (χ0v) is 33.1. The monoisotopic (exact) mass is 847 g/mol. The molecule has 0 fully saturated rings. The molecule has 0 amide bonds. The molecule has 64 heavy (non-hydrogen) atoms. The number of benzene rings is 8. The predicted molar refractivity (Wildman–Crippen MR) is 236 cm³/mol. The Kier molecular flexibility index (Phi) is 9.14. The van der Waals surface area contributed by atoms with Gasteiger partial charge in [0.15, 0.2) is 0 Å². The lowest BCUT2D eigenvalue weighted by molar-refractivity contribution is -0.142. The number of nitriles is 3. The summed E-state index contributed by atoms with van der Waals surface area (Å²) in [4.78, 5) is 0. The van der Waals surface area contributed by atoms with Gasteiger partial charge in [0.2, 0.25) is 0 Å². The Morgan fingerprint density at radius 2 is 0.781 bits per heavy atom. The Morgan fingerprint density at radius 1 is 0.375 bits per heavy atom. The quantitative estimate of drug-likeness (QED) is 0.162. The van der Waals surface area contributed by atoms with Crippen LogP contribution in [0.15, 0.2) is 164 Å². The fourth-order valence-corrected chi connectivity index (χ4v) is 9.04. The molecule has 0 unspecified atom stereocenters. The molecule has 0 spiro atoms. The molecule has 2 aromatic heterocycles. The number of fused-ring (bicyclic) bond motifs is 6. The molecule has 0 saturated heterocycles. The zero-order valence-electron chi connectivity index (χ0n) is 33.1. The van der Waals surface area contributed by atoms with Crippen molar-refractivity contribution in [3.05, 3.63) is 192 Å². The normalized spacial score (nSPS) is 11.9. The number of hydrogen-bond donors (Lipinski definition) is 0. The van der Waals surface area contributed by atoms with Crippen molar-refractivity contribution >= 4 is 43.6 Å². The van der Waals surface area contributed by atoms with Crippen molar-refractivity contribution in [1.82, 2.24) is 9.13 Å². The highest BCUT2D eigenvalue weighted by atomic mass is 19.4. The van der Waals surface area contributed by atoms with Gasteiger partial charge < -0.3 is 9.13 Å². The van der Waals surface area contributed by atoms with Crippen LogP contribution in [0.4, 0.5) is 26.3 Å². The summed E-state index contributed by atoms with van der Waals surface area (Å²) in [6, 6.07) is 50.0. The molecule has 0 N–H and O–H groups in total. The van der Waals surface area contributed by atoms with Crippen LogP contribution in [0.25, 0.3) is 88.4 Å². The number of rotatable bonds is 5. The maximum atomic E-state index is 15.5. The van der Waals surface area contributed by atoms with Crippen LogP contribution < -0.4 is 0 Å². The van der Waals surface area contributed by atoms with Crippen molar-refractivity contribution in [2.24, 2.45) is 0 Å². The highest BCUT2D eigenvalue weighted by Crippen LogP contribution is 2.51. The lowest BCUT2D eigenvalue weighted by atomic mass is 9.89. The summed E-state index contributed by atoms with van der Waals surface area (Å²) in [6.45, 7) is 0. The van der Waals surface area contributed by atoms with Gasteiger partial charge in [-0.2, -0.15) is 42.1 Å². The van der Waals surface area contributed by atoms with E-state index in [0.717, 1.165) is 6.07 Å². The second-order valence-electron chi connectivity index (χ2n) is 15.2. The van der Waals surface area contributed by atoms with Crippen LogP contribution in [0.3, 0.4) is 0 Å². The second kappa shape index (κ2) is 14.8. The summed E-state index contributed by atoms with van der Waals surface area (Å²) in [5.74, 6) is 0. The van der Waals surface area contributed by atoms with Crippen molar-refractivity contribution in [3.63, 3.8) is 0 Å². The minimum Gasteiger partial charge on any atom is -0.308 e. The highest BCUT2D eigenvalue weighted by Gasteiger charge is 2.43. The van der Waals surface area contributed by atoms with Gasteiger partial charge in [0, 0.05) is 32.7 Å². The summed E-state index contributed by atoms with van der Waals surface area (Å²) >= 11 is 0. The van der Waals surface area contributed by atoms with E-state index in [4.69, 9.17) is 0 Å². The van der Waals surface area contributed by atoms with Crippen LogP contribution in [-0.2, 0) is 12.4 Å². The molecule has 0 bridgehead atoms. The largest absolute Gasteiger partial charge is 0.417 e. The van der Waals surface area contributed by atoms with Crippen molar-refractivity contribution in [2.75, 3.05) is 0 Å². The van der Waals surface area contributed by atoms with E-state index in [9.17, 15) is 15.8 Å². The van der Waals surface area contributed by atoms with Gasteiger partial charge in [0.1, 0.15) is 0 Å². The van der Waals surface area contributed by atoms with E-state index in [-0.39, 0.29) is 16.9 Å². The molecule has 5 nitrogen and oxygen atoms in total. The molecule has 0 atom stereocenters. The Labute approximate surface area is 360 Å². The molecule has 8 aromatic carbocycles. The average Bonchev–Trinajstić information content (AvgIpc) is 3.82. The average molecular weight is 848 g/mol. The Hall–Kier alpha value is -8.59. The Bertz CT molecular complexity index is 3470. The maximum Gasteiger partial charge on any atom is 0.417 e. The number of halogens is 6. The molecule has 2 heterocycles. The molecule has 0 radical (unpaired) electrons. The van der Waals surface area contributed by atoms with Crippen LogP contribution in [0, 0.1) is 34.0 Å². The molecule has 0 aliphatic heterocycles. The summed E-state index contributed by atoms with van der Waals surface area (Å²) in [5, 5.41) is 33.1. The third kappa shape index (κ3) is 6.23. The Morgan fingerprint density at radius 3 is 1.20 bits per heavy atom. The molecular weight excluding hydrogens is 821 g/mol. The fraction of sp³-hybridized carbons (Fsp3) is 0.0377. The summed E-state index contributed by atoms with van der Waals surface area (Å²) in [6.07, 6.45) is -10.5. The zero-order chi connectivity index (χ0) is 44.5. The third-order valence-electron chi connectivity index (χ3n) is 11.7. The van der Waals surface area contributed by atoms with Crippen molar-refractivity contribution < 1.29 is 26.3 Å². The van der Waals surface area contributed by atoms with Gasteiger partial charge in [-0.1, -0.05) is 91.0 Å². The lowest BCUT2D eigenvalue weighted by Gasteiger charge is -2.25. The minimum atomic E-state index is -5.26. The number of alkyl halides is 6. The van der Waals surface area contributed by atoms with E-state index in [2.05, 4.69) is 18.2 Å². The van der Waals surface area contributed by atoms with Crippen LogP contribution in [0.2, 0.25) is 0 Å². The number of para-hydroxylation sites is 2. The smallest absolute Gasteiger partial charge is 0.308 e. The van der Waals surface area contributed by atoms with Gasteiger partial charge >= 0.3 is 12.4 Å². The van der Waals surface area contributed by atoms with Gasteiger partial charge in [-0.15, -0.1) is 0 Å². The van der Waals surface area contributed by atoms with E-state index in [0.29, 0.717) is 89.1 Å². The first-order valence-corrected chi connectivity index (χ1v) is 19.8. The number of hydrogen-bond acceptors (Lipinski definition) is 3. The van der Waals surface area contributed by atoms with Gasteiger partial charge in [0.25, 0.3) is 0 Å². The van der Waals surface area contributed by atoms with E-state index in [1.807, 2.05) is 24.3 Å². The molecule has 0 aliphatic carbocycles. The van der Waals surface area contributed by atoms with Crippen molar-refractivity contribution in [2.45, 2.75) is 12.4 Å². The molecule has 0 aliphatic rings. The SMILES string of the molecule is N#Cc1cc(-n2c3ccccc3c3cc(-c4ccccc4C#N)ccc32)c(-c2c(C(F)(F)F)cccc2C(F)(F)F)c(-n2c3ccccc3c3cc(-c4ccccc4C#N)ccc32)c1. The second-order valence-corrected chi connectivity index (χ2v) is 15.2. The lowest BCUT2D eigenvalue weighted by Crippen LogP contribution is -2.16. The van der Waals surface area contributed by atoms with Crippen LogP contribution in [-0.4, -0.2) is 9.13 Å². The topological polar surface area (TPSA) is 81.2 Å². The van der Waals surface area contributed by atoms with Crippen molar-refractivity contribution in [1.29, 1.82) is 15.8 Å². The molecule has 10 rings (SSSR count). The third-order valence-corrected chi connectivity index (χ3v) is 11.7. The highest BCUT2D eigenvalue weighted by molar-refractivity contribution is 6.13. The molecule has 11 heteroatoms. The maximum absolute atomic E-state index is 15.5. The van der Waals surface area contributed by atoms with Crippen LogP contribution >= 0.6 is 0 Å². The first-order chi connectivity index (χ1) is 30.9. The first-order valence-electron chi connectivity index (χ1n) is 19.8. The van der Waals surface area contributed by atoms with Crippen molar-refractivity contribution in [3.8, 4) is 63.0 Å². The van der Waals surface area contributed by atoms with Gasteiger partial charge in [-0.25, -0.2) is 0 Å². The number of aromatic nitrogens is 2. The van der Waals surface area contributed by atoms with E-state index in [1.54, 1.807) is 118 Å². The van der Waals surface area contributed by atoms with Gasteiger partial charge in [-0.3, -0.25) is 0 Å². The summed E-state index contributed by atoms with van der Waals surface area (Å²) in [7, 11) is 0. The Balaban J connectivity index is 1.39. The van der Waals surface area contributed by atoms with Gasteiger partial charge in [-0.05, 0) is 95.1 Å². The summed E-state index contributed by atoms with van der Waals surface area (Å²) in [5.41, 5.74) is 0.439. The van der Waals surface area contributed by atoms with Crippen LogP contribution in [0.1, 0.15) is 27.8 Å². The molecule has 306 valence electrons. The number of nitrogens with zero attached hydrogens (tertiary/aromatic N) is 5. The predicted octanol–water partition coefficient (Wildman–Crippen LogP) is 14.5. The standard InChI is InChI=1S/C53H27F6N5/c54-52(55,56)42-16-9-17-43(53(57,58)59)50(42)51-48(63-44-18-7-5-14-38(44)40-26-32(20-22-46(40)63)36-12-3-1-10-34(36)29-61)24-31(28-60)25-49(51)64-45-19-8-6-15-39(45)41-27-33(21-23-47(41)64)37-13-4-2-11-35(37)30-62/h1-27H. The molecule has 0 saturated carbocycles. The van der Waals surface area contributed by atoms with E-state index in [1.165, 1.54) is 12.1 Å². The van der Waals surface area contributed by atoms with Crippen LogP contribution in [0.5, 0.6) is 0 Å².